The fraction of sp³-hybridized carbons (Fsp3) is 0.240. The molecule has 0 radical (unpaired) electrons. The Kier molecular flexibility index (Phi) is 6.99. The van der Waals surface area contributed by atoms with Crippen molar-refractivity contribution >= 4 is 17.7 Å². The lowest BCUT2D eigenvalue weighted by Gasteiger charge is -2.09. The Bertz CT molecular complexity index is 1030. The van der Waals surface area contributed by atoms with E-state index in [0.29, 0.717) is 12.4 Å². The summed E-state index contributed by atoms with van der Waals surface area (Å²) in [6, 6.07) is 22.4. The summed E-state index contributed by atoms with van der Waals surface area (Å²) in [6.45, 7) is 0.864. The van der Waals surface area contributed by atoms with Crippen LogP contribution in [0.5, 0.6) is 17.2 Å². The minimum atomic E-state index is -0.207. The van der Waals surface area contributed by atoms with Crippen molar-refractivity contribution in [1.29, 1.82) is 0 Å². The van der Waals surface area contributed by atoms with Crippen molar-refractivity contribution in [1.82, 2.24) is 0 Å². The number of carbonyl (C=O) groups is 1. The van der Waals surface area contributed by atoms with Crippen LogP contribution in [0, 0.1) is 0 Å². The number of hydrogen-bond donors (Lipinski definition) is 0. The number of para-hydroxylation sites is 1. The number of thioether (sulfide) groups is 1. The molecule has 0 bridgehead atoms. The lowest BCUT2D eigenvalue weighted by atomic mass is 10.0. The second-order valence-corrected chi connectivity index (χ2v) is 8.04. The second-order valence-electron chi connectivity index (χ2n) is 7.05. The van der Waals surface area contributed by atoms with E-state index in [2.05, 4.69) is 29.0 Å². The van der Waals surface area contributed by atoms with Gasteiger partial charge in [-0.3, -0.25) is 4.79 Å². The molecule has 0 aliphatic carbocycles. The van der Waals surface area contributed by atoms with Crippen LogP contribution in [0.2, 0.25) is 0 Å². The van der Waals surface area contributed by atoms with Gasteiger partial charge in [0.25, 0.3) is 0 Å². The van der Waals surface area contributed by atoms with Gasteiger partial charge in [0.2, 0.25) is 6.79 Å². The Morgan fingerprint density at radius 2 is 1.84 bits per heavy atom. The predicted octanol–water partition coefficient (Wildman–Crippen LogP) is 5.11. The lowest BCUT2D eigenvalue weighted by Crippen LogP contribution is -2.03. The SMILES string of the molecule is COC(=O)CSCc1cccc(OCCc2ccc(-c3cccc4c3OCO4)cc2)c1. The van der Waals surface area contributed by atoms with E-state index in [-0.39, 0.29) is 12.8 Å². The Balaban J connectivity index is 1.29. The summed E-state index contributed by atoms with van der Waals surface area (Å²) in [5, 5.41) is 0. The maximum Gasteiger partial charge on any atom is 0.315 e. The Hall–Kier alpha value is -3.12. The van der Waals surface area contributed by atoms with Gasteiger partial charge in [-0.15, -0.1) is 11.8 Å². The number of methoxy groups -OCH3 is 1. The summed E-state index contributed by atoms with van der Waals surface area (Å²) in [7, 11) is 1.40. The Labute approximate surface area is 186 Å². The zero-order valence-corrected chi connectivity index (χ0v) is 18.2. The zero-order chi connectivity index (χ0) is 21.5. The molecule has 0 spiro atoms. The first-order valence-corrected chi connectivity index (χ1v) is 11.2. The van der Waals surface area contributed by atoms with Gasteiger partial charge in [-0.25, -0.2) is 0 Å². The van der Waals surface area contributed by atoms with Crippen LogP contribution >= 0.6 is 11.8 Å². The average molecular weight is 437 g/mol. The summed E-state index contributed by atoms with van der Waals surface area (Å²) in [6.07, 6.45) is 0.814. The molecule has 0 atom stereocenters. The quantitative estimate of drug-likeness (QED) is 0.435. The average Bonchev–Trinajstić information content (AvgIpc) is 3.29. The highest BCUT2D eigenvalue weighted by Gasteiger charge is 2.18. The van der Waals surface area contributed by atoms with Gasteiger partial charge in [-0.2, -0.15) is 0 Å². The van der Waals surface area contributed by atoms with Gasteiger partial charge in [0.1, 0.15) is 5.75 Å². The van der Waals surface area contributed by atoms with Gasteiger partial charge in [-0.1, -0.05) is 48.5 Å². The van der Waals surface area contributed by atoms with Gasteiger partial charge >= 0.3 is 5.97 Å². The zero-order valence-electron chi connectivity index (χ0n) is 17.3. The molecule has 6 heteroatoms. The monoisotopic (exact) mass is 436 g/mol. The molecule has 0 saturated carbocycles. The normalized spacial score (nSPS) is 11.9. The highest BCUT2D eigenvalue weighted by Crippen LogP contribution is 2.41. The molecular weight excluding hydrogens is 412 g/mol. The molecule has 0 saturated heterocycles. The molecule has 1 heterocycles. The first kappa shape index (κ1) is 21.1. The summed E-state index contributed by atoms with van der Waals surface area (Å²) in [5.74, 6) is 3.32. The summed E-state index contributed by atoms with van der Waals surface area (Å²) in [5.41, 5.74) is 4.47. The van der Waals surface area contributed by atoms with Crippen molar-refractivity contribution in [3.63, 3.8) is 0 Å². The molecule has 0 amide bonds. The first-order valence-electron chi connectivity index (χ1n) is 10.1. The largest absolute Gasteiger partial charge is 0.493 e. The molecular formula is C25H24O5S. The van der Waals surface area contributed by atoms with Crippen LogP contribution in [-0.2, 0) is 21.7 Å². The first-order chi connectivity index (χ1) is 15.2. The molecule has 1 aliphatic heterocycles. The van der Waals surface area contributed by atoms with Crippen molar-refractivity contribution in [3.8, 4) is 28.4 Å². The van der Waals surface area contributed by atoms with Gasteiger partial charge in [0.15, 0.2) is 11.5 Å². The molecule has 3 aromatic rings. The lowest BCUT2D eigenvalue weighted by molar-refractivity contribution is -0.137. The third-order valence-electron chi connectivity index (χ3n) is 4.94. The van der Waals surface area contributed by atoms with Crippen molar-refractivity contribution in [3.05, 3.63) is 77.9 Å². The van der Waals surface area contributed by atoms with Gasteiger partial charge in [-0.05, 0) is 34.9 Å². The van der Waals surface area contributed by atoms with Crippen molar-refractivity contribution < 1.29 is 23.7 Å². The van der Waals surface area contributed by atoms with Crippen molar-refractivity contribution in [2.75, 3.05) is 26.3 Å². The Morgan fingerprint density at radius 1 is 1.00 bits per heavy atom. The van der Waals surface area contributed by atoms with Gasteiger partial charge in [0, 0.05) is 17.7 Å². The van der Waals surface area contributed by atoms with E-state index in [1.54, 1.807) is 0 Å². The minimum absolute atomic E-state index is 0.207. The molecule has 1 aliphatic rings. The third-order valence-corrected chi connectivity index (χ3v) is 5.91. The summed E-state index contributed by atoms with van der Waals surface area (Å²) >= 11 is 1.53. The summed E-state index contributed by atoms with van der Waals surface area (Å²) < 4.78 is 21.7. The Morgan fingerprint density at radius 3 is 2.68 bits per heavy atom. The number of esters is 1. The topological polar surface area (TPSA) is 54.0 Å². The maximum absolute atomic E-state index is 11.2. The molecule has 5 nitrogen and oxygen atoms in total. The molecule has 4 rings (SSSR count). The highest BCUT2D eigenvalue weighted by atomic mass is 32.2. The number of rotatable bonds is 9. The minimum Gasteiger partial charge on any atom is -0.493 e. The number of fused-ring (bicyclic) bond motifs is 1. The fourth-order valence-electron chi connectivity index (χ4n) is 3.33. The highest BCUT2D eigenvalue weighted by molar-refractivity contribution is 7.99. The fourth-order valence-corrected chi connectivity index (χ4v) is 4.13. The predicted molar refractivity (Wildman–Crippen MR) is 122 cm³/mol. The van der Waals surface area contributed by atoms with Crippen LogP contribution in [0.3, 0.4) is 0 Å². The molecule has 3 aromatic carbocycles. The number of benzene rings is 3. The van der Waals surface area contributed by atoms with E-state index in [9.17, 15) is 4.79 Å². The molecule has 31 heavy (non-hydrogen) atoms. The van der Waals surface area contributed by atoms with E-state index in [1.807, 2.05) is 42.5 Å². The van der Waals surface area contributed by atoms with Crippen LogP contribution in [0.1, 0.15) is 11.1 Å². The number of hydrogen-bond acceptors (Lipinski definition) is 6. The van der Waals surface area contributed by atoms with Crippen LogP contribution in [0.15, 0.2) is 66.7 Å². The van der Waals surface area contributed by atoms with Crippen molar-refractivity contribution in [2.24, 2.45) is 0 Å². The van der Waals surface area contributed by atoms with Crippen molar-refractivity contribution in [2.45, 2.75) is 12.2 Å². The van der Waals surface area contributed by atoms with Gasteiger partial charge < -0.3 is 18.9 Å². The van der Waals surface area contributed by atoms with E-state index in [0.717, 1.165) is 46.1 Å². The smallest absolute Gasteiger partial charge is 0.315 e. The van der Waals surface area contributed by atoms with Crippen LogP contribution in [0.25, 0.3) is 11.1 Å². The third kappa shape index (κ3) is 5.52. The maximum atomic E-state index is 11.2. The van der Waals surface area contributed by atoms with Gasteiger partial charge in [0.05, 0.1) is 19.5 Å². The van der Waals surface area contributed by atoms with E-state index < -0.39 is 0 Å². The standard InChI is InChI=1S/C25H24O5S/c1-27-24(26)16-31-15-19-4-2-5-21(14-19)28-13-12-18-8-10-20(11-9-18)22-6-3-7-23-25(22)30-17-29-23/h2-11,14H,12-13,15-17H2,1H3. The molecule has 0 N–H and O–H groups in total. The molecule has 0 unspecified atom stereocenters. The van der Waals surface area contributed by atoms with E-state index in [1.165, 1.54) is 24.4 Å². The number of ether oxygens (including phenoxy) is 4. The van der Waals surface area contributed by atoms with Crippen LogP contribution in [0.4, 0.5) is 0 Å². The molecule has 0 fully saturated rings. The van der Waals surface area contributed by atoms with Crippen LogP contribution in [-0.4, -0.2) is 32.2 Å². The molecule has 160 valence electrons. The summed E-state index contributed by atoms with van der Waals surface area (Å²) in [4.78, 5) is 11.2. The van der Waals surface area contributed by atoms with Crippen LogP contribution < -0.4 is 14.2 Å². The molecule has 0 aromatic heterocycles. The van der Waals surface area contributed by atoms with E-state index >= 15 is 0 Å². The number of carbonyl (C=O) groups excluding carboxylic acids is 1. The second kappa shape index (κ2) is 10.3. The van der Waals surface area contributed by atoms with E-state index in [4.69, 9.17) is 14.2 Å².